The van der Waals surface area contributed by atoms with E-state index in [0.717, 1.165) is 28.0 Å². The molecule has 1 atom stereocenters. The van der Waals surface area contributed by atoms with Crippen LogP contribution >= 0.6 is 0 Å². The van der Waals surface area contributed by atoms with Crippen LogP contribution in [0.1, 0.15) is 18.5 Å². The van der Waals surface area contributed by atoms with Gasteiger partial charge in [0, 0.05) is 11.9 Å². The smallest absolute Gasteiger partial charge is 0.263 e. The van der Waals surface area contributed by atoms with E-state index in [4.69, 9.17) is 4.74 Å². The number of ether oxygens (including phenoxy) is 1. The van der Waals surface area contributed by atoms with Crippen LogP contribution < -0.4 is 15.4 Å². The molecule has 0 aliphatic rings. The van der Waals surface area contributed by atoms with Crippen LogP contribution in [0.25, 0.3) is 11.0 Å². The average Bonchev–Trinajstić information content (AvgIpc) is 3.16. The van der Waals surface area contributed by atoms with Crippen LogP contribution in [-0.2, 0) is 4.79 Å². The molecule has 7 heteroatoms. The third-order valence-corrected chi connectivity index (χ3v) is 4.13. The number of anilines is 1. The predicted octanol–water partition coefficient (Wildman–Crippen LogP) is 3.27. The molecule has 0 spiro atoms. The van der Waals surface area contributed by atoms with Crippen molar-refractivity contribution in [1.82, 2.24) is 15.3 Å². The van der Waals surface area contributed by atoms with E-state index in [2.05, 4.69) is 20.6 Å². The van der Waals surface area contributed by atoms with E-state index in [0.29, 0.717) is 0 Å². The van der Waals surface area contributed by atoms with Gasteiger partial charge in [-0.05, 0) is 42.8 Å². The number of nitriles is 1. The highest BCUT2D eigenvalue weighted by molar-refractivity contribution is 5.97. The number of carbonyl (C=O) groups excluding carboxylic acids is 1. The van der Waals surface area contributed by atoms with Crippen LogP contribution in [0.3, 0.4) is 0 Å². The van der Waals surface area contributed by atoms with Crippen molar-refractivity contribution in [2.75, 3.05) is 12.4 Å². The highest BCUT2D eigenvalue weighted by Gasteiger charge is 2.14. The zero-order valence-electron chi connectivity index (χ0n) is 15.0. The van der Waals surface area contributed by atoms with E-state index in [1.807, 2.05) is 55.5 Å². The third kappa shape index (κ3) is 4.25. The first-order valence-electron chi connectivity index (χ1n) is 8.35. The first kappa shape index (κ1) is 18.0. The van der Waals surface area contributed by atoms with E-state index >= 15 is 0 Å². The monoisotopic (exact) mass is 361 g/mol. The second-order valence-corrected chi connectivity index (χ2v) is 5.92. The fourth-order valence-electron chi connectivity index (χ4n) is 2.58. The molecule has 1 heterocycles. The summed E-state index contributed by atoms with van der Waals surface area (Å²) in [5.74, 6) is 0.296. The third-order valence-electron chi connectivity index (χ3n) is 4.13. The molecule has 0 fully saturated rings. The van der Waals surface area contributed by atoms with Crippen molar-refractivity contribution in [2.24, 2.45) is 0 Å². The Morgan fingerprint density at radius 1 is 1.30 bits per heavy atom. The Labute approximate surface area is 156 Å². The summed E-state index contributed by atoms with van der Waals surface area (Å²) in [6.45, 7) is 1.86. The van der Waals surface area contributed by atoms with Crippen LogP contribution in [-0.4, -0.2) is 23.0 Å². The molecule has 3 aromatic rings. The number of fused-ring (bicyclic) bond motifs is 1. The van der Waals surface area contributed by atoms with Gasteiger partial charge in [0.15, 0.2) is 0 Å². The van der Waals surface area contributed by atoms with E-state index < -0.39 is 5.91 Å². The maximum Gasteiger partial charge on any atom is 0.263 e. The van der Waals surface area contributed by atoms with Crippen molar-refractivity contribution in [3.8, 4) is 11.8 Å². The largest absolute Gasteiger partial charge is 0.497 e. The zero-order chi connectivity index (χ0) is 19.2. The van der Waals surface area contributed by atoms with Gasteiger partial charge in [-0.25, -0.2) is 4.98 Å². The number of hydrogen-bond donors (Lipinski definition) is 3. The van der Waals surface area contributed by atoms with Gasteiger partial charge in [-0.2, -0.15) is 5.26 Å². The summed E-state index contributed by atoms with van der Waals surface area (Å²) >= 11 is 0. The fraction of sp³-hybridized carbons (Fsp3) is 0.150. The molecule has 0 bridgehead atoms. The predicted molar refractivity (Wildman–Crippen MR) is 103 cm³/mol. The first-order valence-corrected chi connectivity index (χ1v) is 8.35. The van der Waals surface area contributed by atoms with Gasteiger partial charge in [-0.3, -0.25) is 4.79 Å². The number of nitrogens with one attached hydrogen (secondary N) is 3. The van der Waals surface area contributed by atoms with Gasteiger partial charge in [-0.15, -0.1) is 0 Å². The molecule has 0 saturated carbocycles. The van der Waals surface area contributed by atoms with Crippen LogP contribution in [0, 0.1) is 11.3 Å². The summed E-state index contributed by atoms with van der Waals surface area (Å²) in [4.78, 5) is 19.6. The molecule has 3 N–H and O–H groups in total. The molecule has 3 rings (SSSR count). The van der Waals surface area contributed by atoms with E-state index in [1.54, 1.807) is 13.4 Å². The number of nitrogens with zero attached hydrogens (tertiary/aromatic N) is 2. The molecule has 0 radical (unpaired) electrons. The number of rotatable bonds is 6. The number of imidazole rings is 1. The van der Waals surface area contributed by atoms with Gasteiger partial charge in [0.05, 0.1) is 30.5 Å². The van der Waals surface area contributed by atoms with E-state index in [1.165, 1.54) is 6.20 Å². The lowest BCUT2D eigenvalue weighted by Crippen LogP contribution is -2.28. The van der Waals surface area contributed by atoms with Crippen LogP contribution in [0.5, 0.6) is 5.75 Å². The first-order chi connectivity index (χ1) is 13.1. The molecule has 27 heavy (non-hydrogen) atoms. The average molecular weight is 361 g/mol. The summed E-state index contributed by atoms with van der Waals surface area (Å²) in [6, 6.07) is 14.6. The Morgan fingerprint density at radius 3 is 2.78 bits per heavy atom. The topological polar surface area (TPSA) is 103 Å². The van der Waals surface area contributed by atoms with Gasteiger partial charge in [-0.1, -0.05) is 12.1 Å². The lowest BCUT2D eigenvalue weighted by molar-refractivity contribution is -0.117. The number of benzene rings is 2. The summed E-state index contributed by atoms with van der Waals surface area (Å²) < 4.78 is 5.13. The molecule has 0 aliphatic heterocycles. The molecule has 136 valence electrons. The van der Waals surface area contributed by atoms with Gasteiger partial charge < -0.3 is 20.4 Å². The number of aromatic nitrogens is 2. The molecular weight excluding hydrogens is 342 g/mol. The molecule has 0 aliphatic carbocycles. The molecule has 1 unspecified atom stereocenters. The summed E-state index contributed by atoms with van der Waals surface area (Å²) in [5.41, 5.74) is 3.36. The standard InChI is InChI=1S/C20H19N5O2/c1-13(14-3-6-17(27-2)7-4-14)25-20(26)15(10-21)11-22-16-5-8-18-19(9-16)24-12-23-18/h3-9,11-13,22H,1-2H3,(H,23,24)(H,25,26)/b15-11-. The number of amides is 1. The molecule has 0 saturated heterocycles. The molecular formula is C20H19N5O2. The van der Waals surface area contributed by atoms with E-state index in [-0.39, 0.29) is 11.6 Å². The van der Waals surface area contributed by atoms with Gasteiger partial charge in [0.25, 0.3) is 5.91 Å². The maximum absolute atomic E-state index is 12.4. The van der Waals surface area contributed by atoms with Crippen LogP contribution in [0.2, 0.25) is 0 Å². The quantitative estimate of drug-likeness (QED) is 0.462. The Hall–Kier alpha value is -3.79. The van der Waals surface area contributed by atoms with Gasteiger partial charge >= 0.3 is 0 Å². The minimum atomic E-state index is -0.448. The number of methoxy groups -OCH3 is 1. The maximum atomic E-state index is 12.4. The van der Waals surface area contributed by atoms with Crippen molar-refractivity contribution in [3.63, 3.8) is 0 Å². The summed E-state index contributed by atoms with van der Waals surface area (Å²) in [6.07, 6.45) is 3.01. The normalized spacial score (nSPS) is 12.3. The number of H-pyrrole nitrogens is 1. The zero-order valence-corrected chi connectivity index (χ0v) is 15.0. The Kier molecular flexibility index (Phi) is 5.38. The van der Waals surface area contributed by atoms with Gasteiger partial charge in [0.2, 0.25) is 0 Å². The minimum Gasteiger partial charge on any atom is -0.497 e. The molecule has 7 nitrogen and oxygen atoms in total. The molecule has 2 aromatic carbocycles. The van der Waals surface area contributed by atoms with Crippen molar-refractivity contribution in [3.05, 3.63) is 66.1 Å². The number of hydrogen-bond acceptors (Lipinski definition) is 5. The van der Waals surface area contributed by atoms with Crippen LogP contribution in [0.15, 0.2) is 60.6 Å². The summed E-state index contributed by atoms with van der Waals surface area (Å²) in [7, 11) is 1.60. The van der Waals surface area contributed by atoms with Crippen molar-refractivity contribution < 1.29 is 9.53 Å². The second kappa shape index (κ2) is 8.06. The highest BCUT2D eigenvalue weighted by atomic mass is 16.5. The van der Waals surface area contributed by atoms with E-state index in [9.17, 15) is 10.1 Å². The van der Waals surface area contributed by atoms with Crippen LogP contribution in [0.4, 0.5) is 5.69 Å². The van der Waals surface area contributed by atoms with Crippen molar-refractivity contribution in [2.45, 2.75) is 13.0 Å². The van der Waals surface area contributed by atoms with Crippen molar-refractivity contribution >= 4 is 22.6 Å². The van der Waals surface area contributed by atoms with Gasteiger partial charge in [0.1, 0.15) is 17.4 Å². The van der Waals surface area contributed by atoms with Crippen molar-refractivity contribution in [1.29, 1.82) is 5.26 Å². The number of aromatic amines is 1. The summed E-state index contributed by atoms with van der Waals surface area (Å²) in [5, 5.41) is 15.1. The Morgan fingerprint density at radius 2 is 2.07 bits per heavy atom. The Bertz CT molecular complexity index is 1010. The number of carbonyl (C=O) groups is 1. The molecule has 1 aromatic heterocycles. The minimum absolute atomic E-state index is 0.0138. The fourth-order valence-corrected chi connectivity index (χ4v) is 2.58. The Balaban J connectivity index is 1.67. The molecule has 1 amide bonds. The lowest BCUT2D eigenvalue weighted by Gasteiger charge is -2.14. The lowest BCUT2D eigenvalue weighted by atomic mass is 10.1. The SMILES string of the molecule is COc1ccc(C(C)NC(=O)/C(C#N)=C\Nc2ccc3nc[nH]c3c2)cc1. The second-order valence-electron chi connectivity index (χ2n) is 5.92. The highest BCUT2D eigenvalue weighted by Crippen LogP contribution is 2.18.